The first-order valence-electron chi connectivity index (χ1n) is 3.01. The van der Waals surface area contributed by atoms with E-state index in [0.29, 0.717) is 0 Å². The van der Waals surface area contributed by atoms with Crippen LogP contribution in [0, 0.1) is 10.8 Å². The normalized spacial score (nSPS) is 7.45. The summed E-state index contributed by atoms with van der Waals surface area (Å²) in [6.45, 7) is 3.62. The van der Waals surface area contributed by atoms with E-state index in [4.69, 9.17) is 16.5 Å². The highest BCUT2D eigenvalue weighted by Crippen LogP contribution is 2.05. The molecule has 0 aliphatic rings. The number of anilines is 1. The zero-order valence-electron chi connectivity index (χ0n) is 6.07. The van der Waals surface area contributed by atoms with Gasteiger partial charge in [0.05, 0.1) is 0 Å². The van der Waals surface area contributed by atoms with Crippen LogP contribution in [0.2, 0.25) is 0 Å². The monoisotopic (exact) mass is 147 g/mol. The van der Waals surface area contributed by atoms with Crippen molar-refractivity contribution in [3.63, 3.8) is 0 Å². The summed E-state index contributed by atoms with van der Waals surface area (Å²) in [5, 5.41) is 12.0. The minimum Gasteiger partial charge on any atom is -0.399 e. The van der Waals surface area contributed by atoms with Gasteiger partial charge in [0.15, 0.2) is 0 Å². The van der Waals surface area contributed by atoms with E-state index in [2.05, 4.69) is 6.58 Å². The molecule has 0 aromatic heterocycles. The molecule has 2 N–H and O–H groups in total. The van der Waals surface area contributed by atoms with E-state index in [9.17, 15) is 0 Å². The highest BCUT2D eigenvalue weighted by molar-refractivity contribution is 5.51. The maximum absolute atomic E-state index is 6.00. The van der Waals surface area contributed by atoms with E-state index in [0.717, 1.165) is 11.3 Å². The fourth-order valence-electron chi connectivity index (χ4n) is 0.632. The molecule has 0 unspecified atom stereocenters. The molecule has 1 aromatic rings. The topological polar surface area (TPSA) is 73.6 Å². The predicted octanol–water partition coefficient (Wildman–Crippen LogP) is 1.94. The van der Waals surface area contributed by atoms with Gasteiger partial charge >= 0.3 is 0 Å². The average molecular weight is 147 g/mol. The molecule has 1 rings (SSSR count). The van der Waals surface area contributed by atoms with Crippen molar-refractivity contribution in [2.24, 2.45) is 0 Å². The zero-order valence-corrected chi connectivity index (χ0v) is 6.07. The van der Waals surface area contributed by atoms with E-state index in [-0.39, 0.29) is 0 Å². The smallest absolute Gasteiger partial charge is 0.0314 e. The Bertz CT molecular complexity index is 235. The Morgan fingerprint density at radius 3 is 2.00 bits per heavy atom. The maximum Gasteiger partial charge on any atom is 0.0314 e. The third-order valence-electron chi connectivity index (χ3n) is 1.17. The molecule has 0 radical (unpaired) electrons. The number of nitrogen functional groups attached to an aromatic ring is 1. The summed E-state index contributed by atoms with van der Waals surface area (Å²) in [5.41, 5.74) is 7.34. The molecule has 0 amide bonds. The highest BCUT2D eigenvalue weighted by Gasteiger charge is 1.82. The summed E-state index contributed by atoms with van der Waals surface area (Å²) in [6.07, 6.45) is 1.79. The van der Waals surface area contributed by atoms with Crippen LogP contribution < -0.4 is 5.73 Å². The van der Waals surface area contributed by atoms with E-state index < -0.39 is 0 Å². The molecule has 0 saturated heterocycles. The Hall–Kier alpha value is -1.82. The van der Waals surface area contributed by atoms with Gasteiger partial charge in [0.2, 0.25) is 0 Å². The van der Waals surface area contributed by atoms with Crippen molar-refractivity contribution in [1.29, 1.82) is 10.8 Å². The molecule has 0 saturated carbocycles. The number of rotatable bonds is 1. The Morgan fingerprint density at radius 2 is 1.64 bits per heavy atom. The third-order valence-corrected chi connectivity index (χ3v) is 1.17. The standard InChI is InChI=1S/C8H9N.N2/c1-2-7-3-5-8(9)6-4-7;1-2/h2-6H,1,9H2;. The molecule has 0 atom stereocenters. The van der Waals surface area contributed by atoms with Gasteiger partial charge in [-0.2, -0.15) is 0 Å². The quantitative estimate of drug-likeness (QED) is 0.487. The lowest BCUT2D eigenvalue weighted by Crippen LogP contribution is -1.81. The van der Waals surface area contributed by atoms with Crippen LogP contribution in [0.3, 0.4) is 0 Å². The van der Waals surface area contributed by atoms with Crippen LogP contribution in [0.15, 0.2) is 30.8 Å². The summed E-state index contributed by atoms with van der Waals surface area (Å²) < 4.78 is 0. The number of nitrogens with two attached hydrogens (primary N) is 1. The molecule has 56 valence electrons. The minimum atomic E-state index is 0.792. The second-order valence-electron chi connectivity index (χ2n) is 1.87. The van der Waals surface area contributed by atoms with Gasteiger partial charge in [0, 0.05) is 16.5 Å². The van der Waals surface area contributed by atoms with Gasteiger partial charge in [0.1, 0.15) is 0 Å². The third kappa shape index (κ3) is 3.01. The Morgan fingerprint density at radius 1 is 1.18 bits per heavy atom. The van der Waals surface area contributed by atoms with Gasteiger partial charge in [-0.05, 0) is 17.7 Å². The van der Waals surface area contributed by atoms with Gasteiger partial charge in [-0.1, -0.05) is 24.8 Å². The molecule has 0 bridgehead atoms. The first-order chi connectivity index (χ1) is 5.33. The van der Waals surface area contributed by atoms with Crippen LogP contribution in [-0.4, -0.2) is 0 Å². The van der Waals surface area contributed by atoms with Crippen molar-refractivity contribution in [2.45, 2.75) is 0 Å². The van der Waals surface area contributed by atoms with Crippen LogP contribution in [-0.2, 0) is 0 Å². The molecule has 0 aliphatic carbocycles. The fourth-order valence-corrected chi connectivity index (χ4v) is 0.632. The largest absolute Gasteiger partial charge is 0.399 e. The highest BCUT2D eigenvalue weighted by atomic mass is 14.6. The second-order valence-corrected chi connectivity index (χ2v) is 1.87. The SMILES string of the molecule is C=Cc1ccc(N)cc1.N#N. The van der Waals surface area contributed by atoms with Crippen molar-refractivity contribution in [3.05, 3.63) is 36.4 Å². The Labute approximate surface area is 65.6 Å². The van der Waals surface area contributed by atoms with Crippen LogP contribution >= 0.6 is 0 Å². The van der Waals surface area contributed by atoms with Crippen LogP contribution in [0.5, 0.6) is 0 Å². The fraction of sp³-hybridized carbons (Fsp3) is 0. The van der Waals surface area contributed by atoms with E-state index >= 15 is 0 Å². The zero-order chi connectivity index (χ0) is 8.69. The summed E-state index contributed by atoms with van der Waals surface area (Å²) >= 11 is 0. The van der Waals surface area contributed by atoms with Gasteiger partial charge in [-0.15, -0.1) is 0 Å². The summed E-state index contributed by atoms with van der Waals surface area (Å²) in [4.78, 5) is 0. The Kier molecular flexibility index (Phi) is 4.18. The molecule has 1 aromatic carbocycles. The van der Waals surface area contributed by atoms with Crippen LogP contribution in [0.4, 0.5) is 5.69 Å². The molecular weight excluding hydrogens is 138 g/mol. The second kappa shape index (κ2) is 5.00. The maximum atomic E-state index is 6.00. The van der Waals surface area contributed by atoms with E-state index in [1.54, 1.807) is 6.08 Å². The average Bonchev–Trinajstić information content (AvgIpc) is 2.10. The Balaban J connectivity index is 0.000000461. The number of hydrogen-bond donors (Lipinski definition) is 1. The van der Waals surface area contributed by atoms with Crippen molar-refractivity contribution in [1.82, 2.24) is 0 Å². The van der Waals surface area contributed by atoms with Crippen molar-refractivity contribution < 1.29 is 0 Å². The van der Waals surface area contributed by atoms with Crippen molar-refractivity contribution in [3.8, 4) is 0 Å². The van der Waals surface area contributed by atoms with Gasteiger partial charge in [-0.25, -0.2) is 0 Å². The molecule has 3 nitrogen and oxygen atoms in total. The predicted molar refractivity (Wildman–Crippen MR) is 44.4 cm³/mol. The summed E-state index contributed by atoms with van der Waals surface area (Å²) in [6, 6.07) is 7.58. The van der Waals surface area contributed by atoms with E-state index in [1.807, 2.05) is 24.3 Å². The molecule has 0 spiro atoms. The van der Waals surface area contributed by atoms with E-state index in [1.165, 1.54) is 0 Å². The lowest BCUT2D eigenvalue weighted by atomic mass is 10.2. The minimum absolute atomic E-state index is 0.792. The molecule has 0 fully saturated rings. The van der Waals surface area contributed by atoms with Gasteiger partial charge in [0.25, 0.3) is 0 Å². The number of benzene rings is 1. The number of nitrogens with zero attached hydrogens (tertiary/aromatic N) is 2. The molecule has 0 aliphatic heterocycles. The lowest BCUT2D eigenvalue weighted by molar-refractivity contribution is 1.15. The summed E-state index contributed by atoms with van der Waals surface area (Å²) in [7, 11) is 0. The molecular formula is C8H9N3. The van der Waals surface area contributed by atoms with Crippen LogP contribution in [0.1, 0.15) is 5.56 Å². The van der Waals surface area contributed by atoms with Crippen LogP contribution in [0.25, 0.3) is 6.08 Å². The molecule has 11 heavy (non-hydrogen) atoms. The number of hydrogen-bond acceptors (Lipinski definition) is 3. The molecule has 0 heterocycles. The van der Waals surface area contributed by atoms with Gasteiger partial charge < -0.3 is 5.73 Å². The van der Waals surface area contributed by atoms with Gasteiger partial charge in [-0.3, -0.25) is 0 Å². The van der Waals surface area contributed by atoms with Crippen molar-refractivity contribution >= 4 is 11.8 Å². The molecule has 3 heteroatoms. The first kappa shape index (κ1) is 9.18. The summed E-state index contributed by atoms with van der Waals surface area (Å²) in [5.74, 6) is 0. The first-order valence-corrected chi connectivity index (χ1v) is 3.01. The lowest BCUT2D eigenvalue weighted by Gasteiger charge is -1.91. The van der Waals surface area contributed by atoms with Crippen molar-refractivity contribution in [2.75, 3.05) is 5.73 Å².